The van der Waals surface area contributed by atoms with E-state index in [2.05, 4.69) is 27.6 Å². The van der Waals surface area contributed by atoms with Gasteiger partial charge in [0.15, 0.2) is 10.1 Å². The number of hydrogen-bond donors (Lipinski definition) is 1. The zero-order valence-corrected chi connectivity index (χ0v) is 15.7. The zero-order chi connectivity index (χ0) is 18.2. The average Bonchev–Trinajstić information content (AvgIpc) is 3.13. The SMILES string of the molecule is O=C(CCCSc1nnc(NCc2ccccc2)s1)c1ccc(F)cc1. The zero-order valence-electron chi connectivity index (χ0n) is 14.0. The summed E-state index contributed by atoms with van der Waals surface area (Å²) in [5.74, 6) is 0.499. The maximum absolute atomic E-state index is 12.9. The lowest BCUT2D eigenvalue weighted by Gasteiger charge is -2.01. The molecule has 0 aliphatic heterocycles. The first-order valence-corrected chi connectivity index (χ1v) is 10.0. The number of carbonyl (C=O) groups is 1. The van der Waals surface area contributed by atoms with Gasteiger partial charge in [0.05, 0.1) is 0 Å². The highest BCUT2D eigenvalue weighted by atomic mass is 32.2. The fourth-order valence-electron chi connectivity index (χ4n) is 2.29. The van der Waals surface area contributed by atoms with Crippen LogP contribution in [0, 0.1) is 5.82 Å². The molecule has 134 valence electrons. The number of aromatic nitrogens is 2. The van der Waals surface area contributed by atoms with Crippen molar-refractivity contribution < 1.29 is 9.18 Å². The average molecular weight is 388 g/mol. The standard InChI is InChI=1S/C19H18FN3OS2/c20-16-10-8-15(9-11-16)17(24)7-4-12-25-19-23-22-18(26-19)21-13-14-5-2-1-3-6-14/h1-3,5-6,8-11H,4,7,12-13H2,(H,21,22). The summed E-state index contributed by atoms with van der Waals surface area (Å²) >= 11 is 3.11. The van der Waals surface area contributed by atoms with E-state index in [-0.39, 0.29) is 11.6 Å². The second-order valence-electron chi connectivity index (χ2n) is 5.59. The van der Waals surface area contributed by atoms with Crippen LogP contribution >= 0.6 is 23.1 Å². The molecule has 0 bridgehead atoms. The van der Waals surface area contributed by atoms with Gasteiger partial charge in [-0.1, -0.05) is 53.4 Å². The summed E-state index contributed by atoms with van der Waals surface area (Å²) in [4.78, 5) is 12.0. The van der Waals surface area contributed by atoms with Crippen molar-refractivity contribution in [1.29, 1.82) is 0 Å². The maximum Gasteiger partial charge on any atom is 0.206 e. The summed E-state index contributed by atoms with van der Waals surface area (Å²) in [5.41, 5.74) is 1.75. The molecule has 0 saturated carbocycles. The number of rotatable bonds is 9. The molecule has 0 saturated heterocycles. The fourth-order valence-corrected chi connectivity index (χ4v) is 4.04. The van der Waals surface area contributed by atoms with Gasteiger partial charge < -0.3 is 5.32 Å². The molecule has 7 heteroatoms. The molecule has 0 unspecified atom stereocenters. The van der Waals surface area contributed by atoms with Crippen LogP contribution in [0.4, 0.5) is 9.52 Å². The molecule has 2 aromatic carbocycles. The molecule has 0 aliphatic carbocycles. The van der Waals surface area contributed by atoms with Gasteiger partial charge in [-0.3, -0.25) is 4.79 Å². The highest BCUT2D eigenvalue weighted by Crippen LogP contribution is 2.26. The van der Waals surface area contributed by atoms with Gasteiger partial charge in [-0.2, -0.15) is 0 Å². The Kier molecular flexibility index (Phi) is 6.74. The van der Waals surface area contributed by atoms with E-state index < -0.39 is 0 Å². The van der Waals surface area contributed by atoms with Crippen molar-refractivity contribution in [2.75, 3.05) is 11.1 Å². The third-order valence-electron chi connectivity index (χ3n) is 3.63. The fraction of sp³-hybridized carbons (Fsp3) is 0.211. The van der Waals surface area contributed by atoms with Crippen molar-refractivity contribution in [3.8, 4) is 0 Å². The number of hydrogen-bond acceptors (Lipinski definition) is 6. The van der Waals surface area contributed by atoms with Crippen molar-refractivity contribution in [2.45, 2.75) is 23.7 Å². The number of benzene rings is 2. The summed E-state index contributed by atoms with van der Waals surface area (Å²) in [6.45, 7) is 0.715. The number of carbonyl (C=O) groups excluding carboxylic acids is 1. The number of Topliss-reactive ketones (excluding diaryl/α,β-unsaturated/α-hetero) is 1. The van der Waals surface area contributed by atoms with Gasteiger partial charge in [-0.15, -0.1) is 10.2 Å². The van der Waals surface area contributed by atoms with Crippen LogP contribution in [0.15, 0.2) is 58.9 Å². The molecule has 0 atom stereocenters. The first kappa shape index (κ1) is 18.5. The van der Waals surface area contributed by atoms with Crippen LogP contribution in [0.1, 0.15) is 28.8 Å². The van der Waals surface area contributed by atoms with Gasteiger partial charge in [0.25, 0.3) is 0 Å². The monoisotopic (exact) mass is 387 g/mol. The minimum absolute atomic E-state index is 0.0353. The third kappa shape index (κ3) is 5.64. The predicted molar refractivity (Wildman–Crippen MR) is 104 cm³/mol. The topological polar surface area (TPSA) is 54.9 Å². The molecular formula is C19H18FN3OS2. The summed E-state index contributed by atoms with van der Waals surface area (Å²) < 4.78 is 13.8. The lowest BCUT2D eigenvalue weighted by molar-refractivity contribution is 0.0982. The smallest absolute Gasteiger partial charge is 0.206 e. The number of halogens is 1. The van der Waals surface area contributed by atoms with Crippen LogP contribution in [-0.4, -0.2) is 21.7 Å². The van der Waals surface area contributed by atoms with E-state index in [0.717, 1.165) is 21.6 Å². The van der Waals surface area contributed by atoms with Crippen LogP contribution in [0.2, 0.25) is 0 Å². The van der Waals surface area contributed by atoms with E-state index in [1.54, 1.807) is 11.8 Å². The quantitative estimate of drug-likeness (QED) is 0.316. The Bertz CT molecular complexity index is 838. The van der Waals surface area contributed by atoms with Gasteiger partial charge >= 0.3 is 0 Å². The Balaban J connectivity index is 1.38. The van der Waals surface area contributed by atoms with Crippen LogP contribution in [0.5, 0.6) is 0 Å². The molecule has 0 fully saturated rings. The molecule has 0 aliphatic rings. The number of anilines is 1. The van der Waals surface area contributed by atoms with E-state index in [0.29, 0.717) is 18.5 Å². The van der Waals surface area contributed by atoms with E-state index >= 15 is 0 Å². The van der Waals surface area contributed by atoms with Crippen molar-refractivity contribution in [1.82, 2.24) is 10.2 Å². The highest BCUT2D eigenvalue weighted by Gasteiger charge is 2.08. The molecule has 4 nitrogen and oxygen atoms in total. The molecule has 1 heterocycles. The summed E-state index contributed by atoms with van der Waals surface area (Å²) in [5, 5.41) is 12.3. The number of nitrogens with one attached hydrogen (secondary N) is 1. The van der Waals surface area contributed by atoms with Crippen molar-refractivity contribution >= 4 is 34.0 Å². The molecule has 3 rings (SSSR count). The van der Waals surface area contributed by atoms with Crippen molar-refractivity contribution in [3.05, 3.63) is 71.5 Å². The molecule has 0 amide bonds. The summed E-state index contributed by atoms with van der Waals surface area (Å²) in [6.07, 6.45) is 1.18. The van der Waals surface area contributed by atoms with Crippen molar-refractivity contribution in [2.24, 2.45) is 0 Å². The van der Waals surface area contributed by atoms with Crippen LogP contribution < -0.4 is 5.32 Å². The van der Waals surface area contributed by atoms with Crippen LogP contribution in [0.3, 0.4) is 0 Å². The van der Waals surface area contributed by atoms with Crippen LogP contribution in [0.25, 0.3) is 0 Å². The lowest BCUT2D eigenvalue weighted by Crippen LogP contribution is -1.99. The molecule has 0 spiro atoms. The normalized spacial score (nSPS) is 10.7. The molecule has 1 N–H and O–H groups in total. The Morgan fingerprint density at radius 2 is 1.85 bits per heavy atom. The number of nitrogens with zero attached hydrogens (tertiary/aromatic N) is 2. The Morgan fingerprint density at radius 3 is 2.62 bits per heavy atom. The van der Waals surface area contributed by atoms with Gasteiger partial charge in [0.1, 0.15) is 5.82 Å². The van der Waals surface area contributed by atoms with Crippen molar-refractivity contribution in [3.63, 3.8) is 0 Å². The van der Waals surface area contributed by atoms with Crippen LogP contribution in [-0.2, 0) is 6.54 Å². The summed E-state index contributed by atoms with van der Waals surface area (Å²) in [6, 6.07) is 15.8. The molecule has 3 aromatic rings. The minimum atomic E-state index is -0.329. The lowest BCUT2D eigenvalue weighted by atomic mass is 10.1. The van der Waals surface area contributed by atoms with E-state index in [1.807, 2.05) is 18.2 Å². The second kappa shape index (κ2) is 9.45. The van der Waals surface area contributed by atoms with Gasteiger partial charge in [0.2, 0.25) is 5.13 Å². The second-order valence-corrected chi connectivity index (χ2v) is 7.91. The molecule has 1 aromatic heterocycles. The van der Waals surface area contributed by atoms with Gasteiger partial charge in [0, 0.05) is 24.3 Å². The number of thioether (sulfide) groups is 1. The first-order chi connectivity index (χ1) is 12.7. The molecule has 0 radical (unpaired) electrons. The van der Waals surface area contributed by atoms with E-state index in [9.17, 15) is 9.18 Å². The first-order valence-electron chi connectivity index (χ1n) is 8.23. The minimum Gasteiger partial charge on any atom is -0.356 e. The summed E-state index contributed by atoms with van der Waals surface area (Å²) in [7, 11) is 0. The van der Waals surface area contributed by atoms with E-state index in [1.165, 1.54) is 41.2 Å². The molecule has 26 heavy (non-hydrogen) atoms. The Morgan fingerprint density at radius 1 is 1.08 bits per heavy atom. The Labute approximate surface area is 159 Å². The third-order valence-corrected chi connectivity index (χ3v) is 5.73. The van der Waals surface area contributed by atoms with Gasteiger partial charge in [-0.25, -0.2) is 4.39 Å². The highest BCUT2D eigenvalue weighted by molar-refractivity contribution is 8.01. The predicted octanol–water partition coefficient (Wildman–Crippen LogP) is 5.04. The van der Waals surface area contributed by atoms with E-state index in [4.69, 9.17) is 0 Å². The van der Waals surface area contributed by atoms with Gasteiger partial charge in [-0.05, 0) is 36.2 Å². The maximum atomic E-state index is 12.9. The largest absolute Gasteiger partial charge is 0.356 e. The molecular weight excluding hydrogens is 369 g/mol. The number of ketones is 1. The Hall–Kier alpha value is -2.25.